The Kier molecular flexibility index (Phi) is 8.80. The van der Waals surface area contributed by atoms with Crippen molar-refractivity contribution in [1.29, 1.82) is 0 Å². The highest BCUT2D eigenvalue weighted by molar-refractivity contribution is 5.95. The van der Waals surface area contributed by atoms with E-state index in [4.69, 9.17) is 18.9 Å². The molecule has 0 aliphatic carbocycles. The van der Waals surface area contributed by atoms with Gasteiger partial charge in [-0.1, -0.05) is 18.2 Å². The molecule has 0 radical (unpaired) electrons. The molecule has 2 aromatic carbocycles. The van der Waals surface area contributed by atoms with Crippen molar-refractivity contribution in [1.82, 2.24) is 0 Å². The van der Waals surface area contributed by atoms with Crippen LogP contribution >= 0.6 is 0 Å². The van der Waals surface area contributed by atoms with Gasteiger partial charge in [-0.05, 0) is 44.0 Å². The van der Waals surface area contributed by atoms with Crippen LogP contribution in [0.3, 0.4) is 0 Å². The van der Waals surface area contributed by atoms with Crippen molar-refractivity contribution in [2.45, 2.75) is 25.9 Å². The van der Waals surface area contributed by atoms with Gasteiger partial charge in [-0.25, -0.2) is 0 Å². The number of nitrogens with one attached hydrogen (secondary N) is 2. The third-order valence-electron chi connectivity index (χ3n) is 4.60. The van der Waals surface area contributed by atoms with E-state index in [1.54, 1.807) is 0 Å². The second kappa shape index (κ2) is 12.0. The van der Waals surface area contributed by atoms with Gasteiger partial charge < -0.3 is 29.6 Å². The molecule has 1 aliphatic rings. The average Bonchev–Trinajstić information content (AvgIpc) is 3.29. The summed E-state index contributed by atoms with van der Waals surface area (Å²) in [6.45, 7) is 5.05. The minimum Gasteiger partial charge on any atom is -0.491 e. The molecule has 1 saturated heterocycles. The lowest BCUT2D eigenvalue weighted by molar-refractivity contribution is -0.114. The lowest BCUT2D eigenvalue weighted by atomic mass is 10.2. The number of hydrogen-bond donors (Lipinski definition) is 2. The molecule has 1 atom stereocenters. The minimum atomic E-state index is -0.161. The summed E-state index contributed by atoms with van der Waals surface area (Å²) in [5.41, 5.74) is 1.46. The molecule has 1 unspecified atom stereocenters. The summed E-state index contributed by atoms with van der Waals surface area (Å²) in [7, 11) is 0. The van der Waals surface area contributed by atoms with Gasteiger partial charge in [0.1, 0.15) is 24.7 Å². The molecule has 1 fully saturated rings. The maximum atomic E-state index is 12.4. The summed E-state index contributed by atoms with van der Waals surface area (Å²) < 4.78 is 22.4. The molecule has 7 heteroatoms. The lowest BCUT2D eigenvalue weighted by Gasteiger charge is -2.15. The molecular formula is C23H30N2O5. The van der Waals surface area contributed by atoms with E-state index < -0.39 is 0 Å². The van der Waals surface area contributed by atoms with Crippen LogP contribution in [0.5, 0.6) is 11.5 Å². The van der Waals surface area contributed by atoms with Gasteiger partial charge in [-0.3, -0.25) is 4.79 Å². The molecule has 30 heavy (non-hydrogen) atoms. The summed E-state index contributed by atoms with van der Waals surface area (Å²) in [6.07, 6.45) is 2.20. The highest BCUT2D eigenvalue weighted by Crippen LogP contribution is 2.25. The first-order valence-corrected chi connectivity index (χ1v) is 10.4. The fraction of sp³-hybridized carbons (Fsp3) is 0.435. The molecule has 0 saturated carbocycles. The molecule has 1 amide bonds. The van der Waals surface area contributed by atoms with Crippen LogP contribution in [0.1, 0.15) is 19.8 Å². The zero-order valence-corrected chi connectivity index (χ0v) is 17.4. The largest absolute Gasteiger partial charge is 0.491 e. The molecule has 7 nitrogen and oxygen atoms in total. The van der Waals surface area contributed by atoms with Crippen molar-refractivity contribution in [3.05, 3.63) is 48.5 Å². The van der Waals surface area contributed by atoms with Crippen molar-refractivity contribution < 1.29 is 23.7 Å². The highest BCUT2D eigenvalue weighted by atomic mass is 16.5. The molecule has 0 spiro atoms. The Morgan fingerprint density at radius 3 is 2.87 bits per heavy atom. The molecule has 162 valence electrons. The lowest BCUT2D eigenvalue weighted by Crippen LogP contribution is -2.23. The zero-order chi connectivity index (χ0) is 21.0. The highest BCUT2D eigenvalue weighted by Gasteiger charge is 2.17. The Morgan fingerprint density at radius 1 is 1.13 bits per heavy atom. The van der Waals surface area contributed by atoms with Crippen molar-refractivity contribution in [3.63, 3.8) is 0 Å². The molecule has 0 bridgehead atoms. The van der Waals surface area contributed by atoms with Crippen molar-refractivity contribution in [3.8, 4) is 11.5 Å². The fourth-order valence-corrected chi connectivity index (χ4v) is 3.09. The monoisotopic (exact) mass is 414 g/mol. The Morgan fingerprint density at radius 2 is 2.03 bits per heavy atom. The van der Waals surface area contributed by atoms with Crippen LogP contribution in [0.25, 0.3) is 0 Å². The fourth-order valence-electron chi connectivity index (χ4n) is 3.09. The number of anilines is 2. The number of para-hydroxylation sites is 2. The maximum absolute atomic E-state index is 12.4. The summed E-state index contributed by atoms with van der Waals surface area (Å²) in [6, 6.07) is 14.9. The van der Waals surface area contributed by atoms with Crippen molar-refractivity contribution >= 4 is 17.3 Å². The van der Waals surface area contributed by atoms with Crippen LogP contribution in [0.2, 0.25) is 0 Å². The van der Waals surface area contributed by atoms with Gasteiger partial charge in [0, 0.05) is 25.0 Å². The van der Waals surface area contributed by atoms with Crippen LogP contribution in [0.4, 0.5) is 11.4 Å². The minimum absolute atomic E-state index is 0.124. The quantitative estimate of drug-likeness (QED) is 0.516. The number of carbonyl (C=O) groups is 1. The smallest absolute Gasteiger partial charge is 0.243 e. The van der Waals surface area contributed by atoms with Gasteiger partial charge in [0.25, 0.3) is 0 Å². The van der Waals surface area contributed by atoms with Gasteiger partial charge in [-0.2, -0.15) is 0 Å². The first-order valence-electron chi connectivity index (χ1n) is 10.4. The first-order chi connectivity index (χ1) is 14.7. The number of benzene rings is 2. The molecule has 1 heterocycles. The van der Waals surface area contributed by atoms with E-state index in [0.717, 1.165) is 30.9 Å². The predicted octanol–water partition coefficient (Wildman–Crippen LogP) is 3.71. The number of rotatable bonds is 12. The number of hydrogen-bond acceptors (Lipinski definition) is 6. The molecule has 1 aliphatic heterocycles. The third-order valence-corrected chi connectivity index (χ3v) is 4.60. The maximum Gasteiger partial charge on any atom is 0.243 e. The SMILES string of the molecule is CCOCCOc1cccc(NCC(=O)Nc2ccccc2OCC2CCCO2)c1. The Hall–Kier alpha value is -2.77. The topological polar surface area (TPSA) is 78.1 Å². The normalized spacial score (nSPS) is 15.6. The standard InChI is InChI=1S/C23H30N2O5/c1-2-27-13-14-29-19-8-5-7-18(15-19)24-16-23(26)25-21-10-3-4-11-22(21)30-17-20-9-6-12-28-20/h3-5,7-8,10-11,15,20,24H,2,6,9,12-14,16-17H2,1H3,(H,25,26). The third kappa shape index (κ3) is 7.24. The molecule has 3 rings (SSSR count). The molecule has 2 aromatic rings. The Bertz CT molecular complexity index is 793. The number of carbonyl (C=O) groups excluding carboxylic acids is 1. The van der Waals surface area contributed by atoms with Gasteiger partial charge in [0.2, 0.25) is 5.91 Å². The van der Waals surface area contributed by atoms with Gasteiger partial charge >= 0.3 is 0 Å². The average molecular weight is 415 g/mol. The molecule has 2 N–H and O–H groups in total. The van der Waals surface area contributed by atoms with E-state index in [1.165, 1.54) is 0 Å². The van der Waals surface area contributed by atoms with E-state index in [-0.39, 0.29) is 18.6 Å². The van der Waals surface area contributed by atoms with Crippen LogP contribution in [-0.2, 0) is 14.3 Å². The van der Waals surface area contributed by atoms with Gasteiger partial charge in [0.15, 0.2) is 0 Å². The number of ether oxygens (including phenoxy) is 4. The molecule has 0 aromatic heterocycles. The van der Waals surface area contributed by atoms with Crippen molar-refractivity contribution in [2.24, 2.45) is 0 Å². The molecular weight excluding hydrogens is 384 g/mol. The summed E-state index contributed by atoms with van der Waals surface area (Å²) >= 11 is 0. The van der Waals surface area contributed by atoms with Crippen LogP contribution in [-0.4, -0.2) is 51.6 Å². The predicted molar refractivity (Wildman–Crippen MR) is 116 cm³/mol. The first kappa shape index (κ1) is 21.9. The van der Waals surface area contributed by atoms with Gasteiger partial charge in [-0.15, -0.1) is 0 Å². The second-order valence-corrected chi connectivity index (χ2v) is 6.92. The summed E-state index contributed by atoms with van der Waals surface area (Å²) in [4.78, 5) is 12.4. The zero-order valence-electron chi connectivity index (χ0n) is 17.4. The Balaban J connectivity index is 1.46. The van der Waals surface area contributed by atoms with Crippen LogP contribution in [0.15, 0.2) is 48.5 Å². The van der Waals surface area contributed by atoms with E-state index in [1.807, 2.05) is 55.5 Å². The Labute approximate surface area is 177 Å². The van der Waals surface area contributed by atoms with E-state index in [0.29, 0.717) is 37.9 Å². The van der Waals surface area contributed by atoms with E-state index in [9.17, 15) is 4.79 Å². The van der Waals surface area contributed by atoms with E-state index in [2.05, 4.69) is 10.6 Å². The summed E-state index contributed by atoms with van der Waals surface area (Å²) in [5.74, 6) is 1.21. The van der Waals surface area contributed by atoms with Crippen LogP contribution < -0.4 is 20.1 Å². The van der Waals surface area contributed by atoms with Crippen molar-refractivity contribution in [2.75, 3.05) is 50.2 Å². The van der Waals surface area contributed by atoms with E-state index >= 15 is 0 Å². The second-order valence-electron chi connectivity index (χ2n) is 6.92. The number of amides is 1. The van der Waals surface area contributed by atoms with Crippen LogP contribution in [0, 0.1) is 0 Å². The van der Waals surface area contributed by atoms with Gasteiger partial charge in [0.05, 0.1) is 24.9 Å². The summed E-state index contributed by atoms with van der Waals surface area (Å²) in [5, 5.41) is 6.02.